The van der Waals surface area contributed by atoms with Crippen LogP contribution >= 0.6 is 0 Å². The fourth-order valence-electron chi connectivity index (χ4n) is 4.25. The molecule has 0 saturated carbocycles. The predicted octanol–water partition coefficient (Wildman–Crippen LogP) is 3.37. The largest absolute Gasteiger partial charge is 0.592 e. The van der Waals surface area contributed by atoms with Crippen LogP contribution in [0, 0.1) is 12.3 Å². The van der Waals surface area contributed by atoms with Gasteiger partial charge in [-0.2, -0.15) is 23.7 Å². The Balaban J connectivity index is 0.00000171. The van der Waals surface area contributed by atoms with Crippen LogP contribution in [0.4, 0.5) is 11.6 Å². The molecule has 0 N–H and O–H groups in total. The normalized spacial score (nSPS) is 12.8. The van der Waals surface area contributed by atoms with Crippen LogP contribution in [-0.4, -0.2) is 13.8 Å². The van der Waals surface area contributed by atoms with Gasteiger partial charge in [-0.3, -0.25) is 0 Å². The number of nitrogens with zero attached hydrogens (tertiary/aromatic N) is 1. The fraction of sp³-hybridized carbons (Fsp3) is 0.0435. The molecule has 3 nitrogen and oxygen atoms in total. The molecule has 6 rings (SSSR count). The first-order valence-corrected chi connectivity index (χ1v) is 8.98. The summed E-state index contributed by atoms with van der Waals surface area (Å²) in [5, 5.41) is 2.19. The van der Waals surface area contributed by atoms with E-state index in [2.05, 4.69) is 41.5 Å². The molecule has 0 bridgehead atoms. The van der Waals surface area contributed by atoms with E-state index >= 15 is 0 Å². The summed E-state index contributed by atoms with van der Waals surface area (Å²) in [4.78, 5) is 2.11. The van der Waals surface area contributed by atoms with Gasteiger partial charge in [-0.15, -0.1) is 23.0 Å². The summed E-state index contributed by atoms with van der Waals surface area (Å²) in [6, 6.07) is 25.8. The summed E-state index contributed by atoms with van der Waals surface area (Å²) >= 11 is 0. The topological polar surface area (TPSA) is 29.5 Å². The predicted molar refractivity (Wildman–Crippen MR) is 109 cm³/mol. The second-order valence-corrected chi connectivity index (χ2v) is 6.89. The Morgan fingerprint density at radius 1 is 0.857 bits per heavy atom. The Morgan fingerprint density at radius 2 is 1.61 bits per heavy atom. The minimum atomic E-state index is -0.0419. The molecule has 0 fully saturated rings. The molecule has 131 valence electrons. The van der Waals surface area contributed by atoms with E-state index in [1.54, 1.807) is 0 Å². The zero-order valence-electron chi connectivity index (χ0n) is 15.3. The van der Waals surface area contributed by atoms with Crippen molar-refractivity contribution in [3.8, 4) is 0 Å². The zero-order chi connectivity index (χ0) is 18.0. The SMILES string of the molecule is CN1c2ccc[c-]c2B(c2[c-]oc3ccccc23)c2c1oc1ccccc21.[Y]. The molecule has 1 aliphatic rings. The standard InChI is InChI=1S/C23H14BNO2.Y/c1-25-19-11-5-4-10-17(19)24(18-14-26-20-12-6-2-8-15(18)20)22-16-9-3-7-13-21(16)27-23(22)25;/h2-9,11-13H,1H3;/q-2;. The van der Waals surface area contributed by atoms with Crippen LogP contribution in [0.3, 0.4) is 0 Å². The van der Waals surface area contributed by atoms with Crippen molar-refractivity contribution < 1.29 is 41.5 Å². The van der Waals surface area contributed by atoms with Gasteiger partial charge >= 0.3 is 0 Å². The van der Waals surface area contributed by atoms with Crippen molar-refractivity contribution in [3.63, 3.8) is 0 Å². The van der Waals surface area contributed by atoms with Crippen molar-refractivity contribution in [1.29, 1.82) is 0 Å². The molecule has 3 heterocycles. The number of rotatable bonds is 1. The van der Waals surface area contributed by atoms with Gasteiger partial charge in [0.25, 0.3) is 0 Å². The van der Waals surface area contributed by atoms with Crippen LogP contribution in [0.15, 0.2) is 75.6 Å². The Kier molecular flexibility index (Phi) is 4.22. The van der Waals surface area contributed by atoms with Gasteiger partial charge < -0.3 is 13.7 Å². The molecule has 5 aromatic rings. The van der Waals surface area contributed by atoms with Crippen LogP contribution in [-0.2, 0) is 32.7 Å². The molecule has 1 radical (unpaired) electrons. The molecule has 3 aromatic carbocycles. The molecule has 5 heteroatoms. The van der Waals surface area contributed by atoms with E-state index in [4.69, 9.17) is 8.83 Å². The molecular formula is C23H14BNO2Y-2. The first-order valence-electron chi connectivity index (χ1n) is 8.98. The van der Waals surface area contributed by atoms with Crippen molar-refractivity contribution in [2.45, 2.75) is 0 Å². The van der Waals surface area contributed by atoms with Crippen LogP contribution in [0.1, 0.15) is 0 Å². The van der Waals surface area contributed by atoms with E-state index < -0.39 is 0 Å². The second-order valence-electron chi connectivity index (χ2n) is 6.89. The quantitative estimate of drug-likeness (QED) is 0.298. The minimum Gasteiger partial charge on any atom is -0.592 e. The third-order valence-corrected chi connectivity index (χ3v) is 5.46. The maximum atomic E-state index is 6.27. The number of furan rings is 2. The summed E-state index contributed by atoms with van der Waals surface area (Å²) in [5.41, 5.74) is 6.11. The van der Waals surface area contributed by atoms with Gasteiger partial charge in [-0.05, 0) is 23.4 Å². The van der Waals surface area contributed by atoms with Gasteiger partial charge in [-0.25, -0.2) is 0 Å². The smallest absolute Gasteiger partial charge is 0.203 e. The maximum Gasteiger partial charge on any atom is 0.203 e. The first kappa shape index (κ1) is 17.8. The van der Waals surface area contributed by atoms with Crippen molar-refractivity contribution in [2.75, 3.05) is 11.9 Å². The van der Waals surface area contributed by atoms with Gasteiger partial charge in [0, 0.05) is 45.1 Å². The monoisotopic (exact) mass is 436 g/mol. The first-order chi connectivity index (χ1) is 13.3. The molecule has 0 amide bonds. The van der Waals surface area contributed by atoms with E-state index in [0.29, 0.717) is 0 Å². The Labute approximate surface area is 188 Å². The summed E-state index contributed by atoms with van der Waals surface area (Å²) in [7, 11) is 2.04. The van der Waals surface area contributed by atoms with E-state index in [1.807, 2.05) is 49.5 Å². The minimum absolute atomic E-state index is 0. The molecular weight excluding hydrogens is 422 g/mol. The Morgan fingerprint density at radius 3 is 2.46 bits per heavy atom. The van der Waals surface area contributed by atoms with Crippen LogP contribution in [0.25, 0.3) is 21.9 Å². The van der Waals surface area contributed by atoms with Crippen molar-refractivity contribution in [3.05, 3.63) is 79.1 Å². The molecule has 0 atom stereocenters. The molecule has 0 aliphatic carbocycles. The molecule has 28 heavy (non-hydrogen) atoms. The van der Waals surface area contributed by atoms with Crippen molar-refractivity contribution in [1.82, 2.24) is 0 Å². The number of anilines is 2. The fourth-order valence-corrected chi connectivity index (χ4v) is 4.25. The van der Waals surface area contributed by atoms with Crippen molar-refractivity contribution >= 4 is 56.6 Å². The van der Waals surface area contributed by atoms with Gasteiger partial charge in [0.2, 0.25) is 6.71 Å². The van der Waals surface area contributed by atoms with E-state index in [-0.39, 0.29) is 39.4 Å². The summed E-state index contributed by atoms with van der Waals surface area (Å²) < 4.78 is 12.0. The van der Waals surface area contributed by atoms with E-state index in [9.17, 15) is 0 Å². The van der Waals surface area contributed by atoms with Gasteiger partial charge in [0.15, 0.2) is 5.88 Å². The van der Waals surface area contributed by atoms with E-state index in [0.717, 1.165) is 49.9 Å². The second kappa shape index (κ2) is 6.65. The van der Waals surface area contributed by atoms with Crippen LogP contribution < -0.4 is 21.3 Å². The summed E-state index contributed by atoms with van der Waals surface area (Å²) in [6.07, 6.45) is 3.18. The Hall–Kier alpha value is -2.29. The number of para-hydroxylation sites is 2. The number of fused-ring (bicyclic) bond motifs is 5. The van der Waals surface area contributed by atoms with Crippen molar-refractivity contribution in [2.24, 2.45) is 0 Å². The average molecular weight is 436 g/mol. The van der Waals surface area contributed by atoms with Gasteiger partial charge in [0.05, 0.1) is 0 Å². The molecule has 2 aromatic heterocycles. The average Bonchev–Trinajstić information content (AvgIpc) is 3.31. The summed E-state index contributed by atoms with van der Waals surface area (Å²) in [6.45, 7) is -0.0419. The zero-order valence-corrected chi connectivity index (χ0v) is 18.1. The van der Waals surface area contributed by atoms with Crippen LogP contribution in [0.5, 0.6) is 0 Å². The number of hydrogen-bond donors (Lipinski definition) is 0. The Bertz CT molecular complexity index is 1320. The maximum absolute atomic E-state index is 6.27. The summed E-state index contributed by atoms with van der Waals surface area (Å²) in [5.74, 6) is 0.868. The molecule has 0 unspecified atom stereocenters. The number of hydrogen-bond acceptors (Lipinski definition) is 3. The third-order valence-electron chi connectivity index (χ3n) is 5.46. The van der Waals surface area contributed by atoms with Gasteiger partial charge in [-0.1, -0.05) is 42.1 Å². The molecule has 0 spiro atoms. The molecule has 1 aliphatic heterocycles. The van der Waals surface area contributed by atoms with E-state index in [1.165, 1.54) is 0 Å². The third kappa shape index (κ3) is 2.38. The van der Waals surface area contributed by atoms with Gasteiger partial charge in [0.1, 0.15) is 5.58 Å². The number of benzene rings is 3. The molecule has 0 saturated heterocycles. The van der Waals surface area contributed by atoms with Crippen LogP contribution in [0.2, 0.25) is 0 Å².